The number of benzene rings is 1. The van der Waals surface area contributed by atoms with Gasteiger partial charge >= 0.3 is 18.0 Å². The van der Waals surface area contributed by atoms with Crippen molar-refractivity contribution in [2.45, 2.75) is 135 Å². The highest BCUT2D eigenvalue weighted by molar-refractivity contribution is 6.04. The number of ether oxygens (including phenoxy) is 6. The molecule has 3 aliphatic heterocycles. The molecule has 1 aromatic rings. The maximum absolute atomic E-state index is 15.0. The Morgan fingerprint density at radius 1 is 1.05 bits per heavy atom. The van der Waals surface area contributed by atoms with E-state index in [2.05, 4.69) is 18.4 Å². The number of nitrogens with zero attached hydrogens (tertiary/aromatic N) is 3. The summed E-state index contributed by atoms with van der Waals surface area (Å²) in [5.74, 6) is -2.47. The van der Waals surface area contributed by atoms with Gasteiger partial charge in [0.15, 0.2) is 18.2 Å². The second-order valence-electron chi connectivity index (χ2n) is 18.3. The summed E-state index contributed by atoms with van der Waals surface area (Å²) in [5.41, 5.74) is -3.54. The summed E-state index contributed by atoms with van der Waals surface area (Å²) in [4.78, 5) is 61.8. The number of piperidine rings is 1. The lowest BCUT2D eigenvalue weighted by Gasteiger charge is -2.49. The first-order valence-corrected chi connectivity index (χ1v) is 20.4. The molecule has 0 aliphatic carbocycles. The molecular weight excluding hydrogens is 730 g/mol. The number of methoxy groups -OCH3 is 1. The van der Waals surface area contributed by atoms with Crippen LogP contribution in [0.1, 0.15) is 97.9 Å². The van der Waals surface area contributed by atoms with E-state index in [1.807, 2.05) is 66.7 Å². The van der Waals surface area contributed by atoms with E-state index in [4.69, 9.17) is 28.4 Å². The number of likely N-dealkylation sites (N-methyl/N-ethyl adjacent to an activating group) is 2. The third kappa shape index (κ3) is 10.8. The maximum atomic E-state index is 15.0. The van der Waals surface area contributed by atoms with Crippen LogP contribution >= 0.6 is 0 Å². The van der Waals surface area contributed by atoms with E-state index in [1.165, 1.54) is 0 Å². The second-order valence-corrected chi connectivity index (χ2v) is 18.3. The van der Waals surface area contributed by atoms with Crippen LogP contribution in [-0.4, -0.2) is 140 Å². The van der Waals surface area contributed by atoms with Crippen molar-refractivity contribution in [3.05, 3.63) is 48.6 Å². The number of Topliss-reactive ketones (excluding diaryl/α,β-unsaturated/α-hetero) is 1. The molecule has 0 N–H and O–H groups in total. The Balaban J connectivity index is 1.74. The minimum absolute atomic E-state index is 0.00227. The van der Waals surface area contributed by atoms with Crippen LogP contribution in [0.15, 0.2) is 43.0 Å². The van der Waals surface area contributed by atoms with Gasteiger partial charge in [0.2, 0.25) is 0 Å². The molecule has 3 fully saturated rings. The first-order valence-electron chi connectivity index (χ1n) is 20.4. The highest BCUT2D eigenvalue weighted by atomic mass is 16.7. The molecule has 0 saturated carbocycles. The predicted molar refractivity (Wildman–Crippen MR) is 217 cm³/mol. The van der Waals surface area contributed by atoms with Crippen molar-refractivity contribution < 1.29 is 47.6 Å². The Labute approximate surface area is 340 Å². The summed E-state index contributed by atoms with van der Waals surface area (Å²) in [6.45, 7) is 20.3. The number of ketones is 1. The molecule has 0 radical (unpaired) electrons. The summed E-state index contributed by atoms with van der Waals surface area (Å²) in [6.07, 6.45) is 0.168. The molecule has 320 valence electrons. The summed E-state index contributed by atoms with van der Waals surface area (Å²) in [6, 6.07) is 8.50. The fraction of sp³-hybridized carbons (Fsp3) is 0.727. The summed E-state index contributed by atoms with van der Waals surface area (Å²) >= 11 is 0. The number of carbonyl (C=O) groups is 4. The van der Waals surface area contributed by atoms with Crippen molar-refractivity contribution in [3.63, 3.8) is 0 Å². The van der Waals surface area contributed by atoms with Gasteiger partial charge in [-0.25, -0.2) is 9.59 Å². The molecule has 3 saturated heterocycles. The molecule has 13 heteroatoms. The van der Waals surface area contributed by atoms with Crippen molar-refractivity contribution in [2.75, 3.05) is 54.5 Å². The quantitative estimate of drug-likeness (QED) is 0.130. The minimum atomic E-state index is -1.61. The van der Waals surface area contributed by atoms with Gasteiger partial charge in [0.1, 0.15) is 17.6 Å². The van der Waals surface area contributed by atoms with Gasteiger partial charge in [0, 0.05) is 32.7 Å². The maximum Gasteiger partial charge on any atom is 0.410 e. The Kier molecular flexibility index (Phi) is 15.2. The fourth-order valence-corrected chi connectivity index (χ4v) is 8.84. The van der Waals surface area contributed by atoms with Crippen LogP contribution < -0.4 is 0 Å². The Morgan fingerprint density at radius 2 is 1.68 bits per heavy atom. The van der Waals surface area contributed by atoms with Gasteiger partial charge < -0.3 is 38.2 Å². The van der Waals surface area contributed by atoms with Crippen LogP contribution in [0.4, 0.5) is 4.79 Å². The molecule has 4 rings (SSSR count). The standard InChI is InChI=1S/C44H69N3O10/c1-14-20-42(8)35(48)31(4)36(56-38-34(33(45(10)11)25-30(3)54-38)55-37(49)32-18-16-15-17-19-32)43(9,52-13)26-29(2)27-46(12)44(28-53-39(42)50)21-23-47(24-22-44)40(51)57-41(5,6)7/h14-19,29-31,33-34,36,38H,1,20-28H2,2-13H3/t29-,30-,31+,33+,34-,36-,38+,42+,43-/m1/s1. The van der Waals surface area contributed by atoms with Gasteiger partial charge in [-0.05, 0) is 113 Å². The van der Waals surface area contributed by atoms with Crippen LogP contribution in [0.2, 0.25) is 0 Å². The fourth-order valence-electron chi connectivity index (χ4n) is 8.84. The van der Waals surface area contributed by atoms with Crippen molar-refractivity contribution >= 4 is 23.8 Å². The second kappa shape index (κ2) is 18.7. The molecule has 9 atom stereocenters. The smallest absolute Gasteiger partial charge is 0.410 e. The molecule has 1 aromatic carbocycles. The van der Waals surface area contributed by atoms with Crippen molar-refractivity contribution in [1.82, 2.24) is 14.7 Å². The summed E-state index contributed by atoms with van der Waals surface area (Å²) < 4.78 is 38.0. The zero-order valence-corrected chi connectivity index (χ0v) is 36.5. The van der Waals surface area contributed by atoms with Gasteiger partial charge in [-0.15, -0.1) is 6.58 Å². The average molecular weight is 800 g/mol. The van der Waals surface area contributed by atoms with Gasteiger partial charge in [0.25, 0.3) is 0 Å². The van der Waals surface area contributed by atoms with Crippen LogP contribution in [-0.2, 0) is 38.0 Å². The van der Waals surface area contributed by atoms with Crippen LogP contribution in [0.5, 0.6) is 0 Å². The molecule has 3 heterocycles. The molecule has 0 unspecified atom stereocenters. The highest BCUT2D eigenvalue weighted by Crippen LogP contribution is 2.41. The number of likely N-dealkylation sites (tertiary alicyclic amines) is 1. The van der Waals surface area contributed by atoms with Gasteiger partial charge in [0.05, 0.1) is 35.0 Å². The van der Waals surface area contributed by atoms with Gasteiger partial charge in [-0.3, -0.25) is 14.5 Å². The Hall–Kier alpha value is -3.36. The number of carbonyl (C=O) groups excluding carboxylic acids is 4. The molecule has 1 amide bonds. The zero-order valence-electron chi connectivity index (χ0n) is 36.5. The van der Waals surface area contributed by atoms with E-state index in [9.17, 15) is 19.2 Å². The van der Waals surface area contributed by atoms with E-state index in [-0.39, 0.29) is 43.0 Å². The molecule has 3 aliphatic rings. The lowest BCUT2D eigenvalue weighted by molar-refractivity contribution is -0.295. The van der Waals surface area contributed by atoms with Crippen LogP contribution in [0.25, 0.3) is 0 Å². The molecular formula is C44H69N3O10. The van der Waals surface area contributed by atoms with Crippen molar-refractivity contribution in [2.24, 2.45) is 17.3 Å². The number of amides is 1. The lowest BCUT2D eigenvalue weighted by atomic mass is 9.72. The number of cyclic esters (lactones) is 1. The van der Waals surface area contributed by atoms with Gasteiger partial charge in [-0.1, -0.05) is 38.1 Å². The lowest BCUT2D eigenvalue weighted by Crippen LogP contribution is -2.60. The zero-order chi connectivity index (χ0) is 42.5. The van der Waals surface area contributed by atoms with E-state index in [0.717, 1.165) is 0 Å². The molecule has 13 nitrogen and oxygen atoms in total. The Morgan fingerprint density at radius 3 is 2.25 bits per heavy atom. The molecule has 57 heavy (non-hydrogen) atoms. The normalized spacial score (nSPS) is 33.4. The van der Waals surface area contributed by atoms with Crippen LogP contribution in [0, 0.1) is 17.3 Å². The number of rotatable bonds is 8. The first kappa shape index (κ1) is 46.3. The molecule has 0 bridgehead atoms. The largest absolute Gasteiger partial charge is 0.463 e. The SMILES string of the molecule is C=CC[C@]1(C)C(=O)OCC2(CCN(C(=O)OC(C)(C)C)CC2)N(C)C[C@H](C)C[C@@](C)(OC)[C@H](O[C@@H]2O[C@H](C)C[C@H](N(C)C)[C@H]2OC(=O)c2ccccc2)[C@@H](C)C1=O. The summed E-state index contributed by atoms with van der Waals surface area (Å²) in [7, 11) is 7.47. The highest BCUT2D eigenvalue weighted by Gasteiger charge is 2.54. The van der Waals surface area contributed by atoms with Crippen molar-refractivity contribution in [1.29, 1.82) is 0 Å². The monoisotopic (exact) mass is 799 g/mol. The molecule has 0 aromatic heterocycles. The number of allylic oxidation sites excluding steroid dienone is 1. The average Bonchev–Trinajstić information content (AvgIpc) is 3.15. The minimum Gasteiger partial charge on any atom is -0.463 e. The Bertz CT molecular complexity index is 1560. The van der Waals surface area contributed by atoms with Crippen molar-refractivity contribution in [3.8, 4) is 0 Å². The number of hydrogen-bond acceptors (Lipinski definition) is 12. The summed E-state index contributed by atoms with van der Waals surface area (Å²) in [5, 5.41) is 0. The first-order chi connectivity index (χ1) is 26.6. The third-order valence-electron chi connectivity index (χ3n) is 12.2. The van der Waals surface area contributed by atoms with E-state index in [0.29, 0.717) is 50.9 Å². The van der Waals surface area contributed by atoms with E-state index < -0.39 is 58.5 Å². The number of hydrogen-bond donors (Lipinski definition) is 0. The van der Waals surface area contributed by atoms with Gasteiger partial charge in [-0.2, -0.15) is 0 Å². The van der Waals surface area contributed by atoms with Crippen LogP contribution in [0.3, 0.4) is 0 Å². The molecule has 1 spiro atoms. The topological polar surface area (TPSA) is 133 Å². The third-order valence-corrected chi connectivity index (χ3v) is 12.2. The number of esters is 2. The predicted octanol–water partition coefficient (Wildman–Crippen LogP) is 6.14. The van der Waals surface area contributed by atoms with E-state index in [1.54, 1.807) is 56.2 Å². The van der Waals surface area contributed by atoms with E-state index >= 15 is 0 Å².